The van der Waals surface area contributed by atoms with Gasteiger partial charge in [-0.1, -0.05) is 31.9 Å². The minimum absolute atomic E-state index is 0.0187. The highest BCUT2D eigenvalue weighted by Crippen LogP contribution is 2.26. The van der Waals surface area contributed by atoms with Crippen LogP contribution in [-0.2, 0) is 0 Å². The summed E-state index contributed by atoms with van der Waals surface area (Å²) in [6, 6.07) is 4.40. The van der Waals surface area contributed by atoms with E-state index in [0.717, 1.165) is 32.2 Å². The Kier molecular flexibility index (Phi) is 5.45. The number of nitrogens with one attached hydrogen (secondary N) is 1. The van der Waals surface area contributed by atoms with E-state index in [2.05, 4.69) is 19.2 Å². The highest BCUT2D eigenvalue weighted by atomic mass is 35.5. The number of piperidine rings is 1. The van der Waals surface area contributed by atoms with Crippen LogP contribution >= 0.6 is 11.6 Å². The van der Waals surface area contributed by atoms with Gasteiger partial charge >= 0.3 is 6.03 Å². The Balaban J connectivity index is 2.05. The second-order valence-electron chi connectivity index (χ2n) is 5.82. The maximum Gasteiger partial charge on any atom is 0.322 e. The number of carbonyl (C=O) groups is 1. The molecule has 0 spiro atoms. The van der Waals surface area contributed by atoms with E-state index in [1.807, 2.05) is 4.90 Å². The van der Waals surface area contributed by atoms with Crippen molar-refractivity contribution in [2.75, 3.05) is 11.9 Å². The van der Waals surface area contributed by atoms with Gasteiger partial charge in [-0.05, 0) is 43.4 Å². The van der Waals surface area contributed by atoms with E-state index in [0.29, 0.717) is 11.6 Å². The second kappa shape index (κ2) is 7.12. The van der Waals surface area contributed by atoms with Crippen LogP contribution in [0.4, 0.5) is 14.9 Å². The molecular weight excluding hydrogens is 291 g/mol. The van der Waals surface area contributed by atoms with Gasteiger partial charge in [-0.25, -0.2) is 9.18 Å². The van der Waals surface area contributed by atoms with Crippen LogP contribution in [0.15, 0.2) is 18.2 Å². The van der Waals surface area contributed by atoms with Crippen molar-refractivity contribution in [1.82, 2.24) is 4.90 Å². The quantitative estimate of drug-likeness (QED) is 0.845. The molecule has 2 unspecified atom stereocenters. The molecule has 1 fully saturated rings. The Morgan fingerprint density at radius 2 is 2.29 bits per heavy atom. The van der Waals surface area contributed by atoms with Crippen LogP contribution in [-0.4, -0.2) is 23.5 Å². The molecule has 0 bridgehead atoms. The zero-order valence-electron chi connectivity index (χ0n) is 12.5. The smallest absolute Gasteiger partial charge is 0.322 e. The van der Waals surface area contributed by atoms with Crippen LogP contribution in [0.5, 0.6) is 0 Å². The van der Waals surface area contributed by atoms with Crippen LogP contribution in [0.3, 0.4) is 0 Å². The van der Waals surface area contributed by atoms with Gasteiger partial charge in [0, 0.05) is 18.3 Å². The van der Waals surface area contributed by atoms with Gasteiger partial charge in [0.05, 0.1) is 5.02 Å². The van der Waals surface area contributed by atoms with Crippen molar-refractivity contribution in [1.29, 1.82) is 0 Å². The van der Waals surface area contributed by atoms with Crippen molar-refractivity contribution >= 4 is 23.3 Å². The Morgan fingerprint density at radius 1 is 1.52 bits per heavy atom. The fourth-order valence-electron chi connectivity index (χ4n) is 2.90. The van der Waals surface area contributed by atoms with Gasteiger partial charge in [-0.3, -0.25) is 0 Å². The molecule has 1 N–H and O–H groups in total. The SMILES string of the molecule is CCCC1CC(C)CCN1C(=O)Nc1ccc(F)c(Cl)c1. The van der Waals surface area contributed by atoms with E-state index in [4.69, 9.17) is 11.6 Å². The van der Waals surface area contributed by atoms with Crippen molar-refractivity contribution in [3.8, 4) is 0 Å². The molecule has 0 radical (unpaired) electrons. The van der Waals surface area contributed by atoms with Crippen molar-refractivity contribution < 1.29 is 9.18 Å². The Morgan fingerprint density at radius 3 is 2.95 bits per heavy atom. The van der Waals surface area contributed by atoms with Crippen molar-refractivity contribution in [2.45, 2.75) is 45.6 Å². The number of nitrogens with zero attached hydrogens (tertiary/aromatic N) is 1. The fraction of sp³-hybridized carbons (Fsp3) is 0.562. The molecule has 0 aliphatic carbocycles. The summed E-state index contributed by atoms with van der Waals surface area (Å²) < 4.78 is 13.1. The summed E-state index contributed by atoms with van der Waals surface area (Å²) in [6.07, 6.45) is 4.15. The Bertz CT molecular complexity index is 509. The first-order valence-corrected chi connectivity index (χ1v) is 7.91. The number of hydrogen-bond acceptors (Lipinski definition) is 1. The third-order valence-corrected chi connectivity index (χ3v) is 4.32. The maximum absolute atomic E-state index is 13.1. The lowest BCUT2D eigenvalue weighted by Crippen LogP contribution is -2.47. The number of carbonyl (C=O) groups excluding carboxylic acids is 1. The zero-order chi connectivity index (χ0) is 15.4. The number of urea groups is 1. The number of rotatable bonds is 3. The average molecular weight is 313 g/mol. The average Bonchev–Trinajstić information content (AvgIpc) is 2.43. The van der Waals surface area contributed by atoms with E-state index in [1.54, 1.807) is 0 Å². The Labute approximate surface area is 130 Å². The molecule has 1 saturated heterocycles. The lowest BCUT2D eigenvalue weighted by molar-refractivity contribution is 0.136. The lowest BCUT2D eigenvalue weighted by Gasteiger charge is -2.38. The number of likely N-dealkylation sites (tertiary alicyclic amines) is 1. The van der Waals surface area contributed by atoms with E-state index < -0.39 is 5.82 Å². The molecule has 116 valence electrons. The van der Waals surface area contributed by atoms with Gasteiger partial charge in [-0.15, -0.1) is 0 Å². The van der Waals surface area contributed by atoms with Crippen molar-refractivity contribution in [3.63, 3.8) is 0 Å². The monoisotopic (exact) mass is 312 g/mol. The van der Waals surface area contributed by atoms with Crippen LogP contribution in [0.25, 0.3) is 0 Å². The first-order chi connectivity index (χ1) is 10.0. The van der Waals surface area contributed by atoms with Gasteiger partial charge in [-0.2, -0.15) is 0 Å². The van der Waals surface area contributed by atoms with Gasteiger partial charge in [0.1, 0.15) is 5.82 Å². The van der Waals surface area contributed by atoms with Crippen LogP contribution < -0.4 is 5.32 Å². The summed E-state index contributed by atoms with van der Waals surface area (Å²) in [7, 11) is 0. The first-order valence-electron chi connectivity index (χ1n) is 7.54. The zero-order valence-corrected chi connectivity index (χ0v) is 13.3. The highest BCUT2D eigenvalue weighted by Gasteiger charge is 2.29. The summed E-state index contributed by atoms with van der Waals surface area (Å²) in [5.74, 6) is 0.177. The van der Waals surface area contributed by atoms with E-state index in [-0.39, 0.29) is 17.1 Å². The molecule has 1 aliphatic rings. The third kappa shape index (κ3) is 4.10. The standard InChI is InChI=1S/C16H22ClFN2O/c1-3-4-13-9-11(2)7-8-20(13)16(21)19-12-5-6-15(18)14(17)10-12/h5-6,10-11,13H,3-4,7-9H2,1-2H3,(H,19,21). The molecule has 2 amide bonds. The molecular formula is C16H22ClFN2O. The van der Waals surface area contributed by atoms with Gasteiger partial charge in [0.2, 0.25) is 0 Å². The molecule has 1 heterocycles. The highest BCUT2D eigenvalue weighted by molar-refractivity contribution is 6.31. The normalized spacial score (nSPS) is 22.2. The summed E-state index contributed by atoms with van der Waals surface area (Å²) in [5.41, 5.74) is 0.528. The molecule has 0 aromatic heterocycles. The molecule has 0 saturated carbocycles. The number of hydrogen-bond donors (Lipinski definition) is 1. The van der Waals surface area contributed by atoms with Crippen LogP contribution in [0.1, 0.15) is 39.5 Å². The minimum Gasteiger partial charge on any atom is -0.322 e. The topological polar surface area (TPSA) is 32.3 Å². The summed E-state index contributed by atoms with van der Waals surface area (Å²) >= 11 is 5.74. The second-order valence-corrected chi connectivity index (χ2v) is 6.23. The predicted octanol–water partition coefficient (Wildman–Crippen LogP) is 4.91. The van der Waals surface area contributed by atoms with E-state index in [9.17, 15) is 9.18 Å². The minimum atomic E-state index is -0.481. The maximum atomic E-state index is 13.1. The molecule has 1 aliphatic heterocycles. The van der Waals surface area contributed by atoms with E-state index >= 15 is 0 Å². The van der Waals surface area contributed by atoms with Crippen molar-refractivity contribution in [3.05, 3.63) is 29.0 Å². The van der Waals surface area contributed by atoms with Gasteiger partial charge in [0.15, 0.2) is 0 Å². The third-order valence-electron chi connectivity index (χ3n) is 4.03. The first kappa shape index (κ1) is 16.1. The summed E-state index contributed by atoms with van der Waals surface area (Å²) in [4.78, 5) is 14.3. The Hall–Kier alpha value is -1.29. The molecule has 2 rings (SSSR count). The van der Waals surface area contributed by atoms with E-state index in [1.165, 1.54) is 18.2 Å². The summed E-state index contributed by atoms with van der Waals surface area (Å²) in [5, 5.41) is 2.84. The van der Waals surface area contributed by atoms with Gasteiger partial charge < -0.3 is 10.2 Å². The molecule has 1 aromatic carbocycles. The van der Waals surface area contributed by atoms with Crippen LogP contribution in [0.2, 0.25) is 5.02 Å². The summed E-state index contributed by atoms with van der Waals surface area (Å²) in [6.45, 7) is 5.14. The van der Waals surface area contributed by atoms with Crippen molar-refractivity contribution in [2.24, 2.45) is 5.92 Å². The molecule has 5 heteroatoms. The largest absolute Gasteiger partial charge is 0.322 e. The molecule has 2 atom stereocenters. The molecule has 1 aromatic rings. The predicted molar refractivity (Wildman–Crippen MR) is 84.2 cm³/mol. The number of benzene rings is 1. The molecule has 21 heavy (non-hydrogen) atoms. The van der Waals surface area contributed by atoms with Crippen LogP contribution in [0, 0.1) is 11.7 Å². The number of amides is 2. The lowest BCUT2D eigenvalue weighted by atomic mass is 9.90. The molecule has 3 nitrogen and oxygen atoms in total. The van der Waals surface area contributed by atoms with Gasteiger partial charge in [0.25, 0.3) is 0 Å². The fourth-order valence-corrected chi connectivity index (χ4v) is 3.08. The number of halogens is 2. The number of anilines is 1.